The molecule has 0 aromatic rings. The van der Waals surface area contributed by atoms with Crippen LogP contribution in [0.5, 0.6) is 0 Å². The molecular formula is C18H30O. The molecule has 0 radical (unpaired) electrons. The van der Waals surface area contributed by atoms with Gasteiger partial charge in [-0.25, -0.2) is 0 Å². The van der Waals surface area contributed by atoms with E-state index in [0.29, 0.717) is 10.8 Å². The quantitative estimate of drug-likeness (QED) is 0.686. The molecule has 0 aromatic carbocycles. The molecule has 0 saturated heterocycles. The minimum atomic E-state index is 0.00957. The van der Waals surface area contributed by atoms with E-state index in [0.717, 1.165) is 30.1 Å². The molecule has 4 fully saturated rings. The van der Waals surface area contributed by atoms with Crippen LogP contribution in [0.25, 0.3) is 0 Å². The van der Waals surface area contributed by atoms with Crippen LogP contribution in [0, 0.1) is 34.5 Å². The van der Waals surface area contributed by atoms with Gasteiger partial charge in [0, 0.05) is 0 Å². The first-order chi connectivity index (χ1) is 9.06. The van der Waals surface area contributed by atoms with Gasteiger partial charge in [0.25, 0.3) is 0 Å². The number of hydrogen-bond donors (Lipinski definition) is 1. The molecule has 0 amide bonds. The van der Waals surface area contributed by atoms with Crippen molar-refractivity contribution in [1.82, 2.24) is 0 Å². The molecular weight excluding hydrogens is 232 g/mol. The zero-order chi connectivity index (χ0) is 13.3. The van der Waals surface area contributed by atoms with Crippen LogP contribution in [0.1, 0.15) is 71.6 Å². The Hall–Kier alpha value is -0.0400. The fraction of sp³-hybridized carbons (Fsp3) is 1.00. The molecule has 0 aliphatic heterocycles. The van der Waals surface area contributed by atoms with E-state index in [1.54, 1.807) is 0 Å². The molecule has 108 valence electrons. The van der Waals surface area contributed by atoms with Crippen molar-refractivity contribution in [3.63, 3.8) is 0 Å². The highest BCUT2D eigenvalue weighted by Gasteiger charge is 2.62. The molecule has 4 saturated carbocycles. The first-order valence-electron chi connectivity index (χ1n) is 8.74. The van der Waals surface area contributed by atoms with Crippen molar-refractivity contribution >= 4 is 0 Å². The van der Waals surface area contributed by atoms with Gasteiger partial charge in [0.15, 0.2) is 0 Å². The van der Waals surface area contributed by atoms with Crippen molar-refractivity contribution in [1.29, 1.82) is 0 Å². The van der Waals surface area contributed by atoms with Crippen LogP contribution in [0.3, 0.4) is 0 Å². The first-order valence-corrected chi connectivity index (χ1v) is 8.74. The summed E-state index contributed by atoms with van der Waals surface area (Å²) in [5.74, 6) is 3.80. The Bertz CT molecular complexity index is 378. The van der Waals surface area contributed by atoms with E-state index >= 15 is 0 Å². The molecule has 4 aliphatic carbocycles. The summed E-state index contributed by atoms with van der Waals surface area (Å²) in [5, 5.41) is 10.2. The van der Waals surface area contributed by atoms with Crippen LogP contribution in [0.4, 0.5) is 0 Å². The molecule has 7 unspecified atom stereocenters. The second-order valence-electron chi connectivity index (χ2n) is 8.70. The van der Waals surface area contributed by atoms with E-state index in [4.69, 9.17) is 0 Å². The zero-order valence-corrected chi connectivity index (χ0v) is 12.7. The second kappa shape index (κ2) is 4.00. The van der Waals surface area contributed by atoms with Crippen LogP contribution in [0.15, 0.2) is 0 Å². The lowest BCUT2D eigenvalue weighted by atomic mass is 9.40. The van der Waals surface area contributed by atoms with E-state index in [-0.39, 0.29) is 6.10 Å². The predicted octanol–water partition coefficient (Wildman–Crippen LogP) is 4.39. The van der Waals surface area contributed by atoms with Gasteiger partial charge in [-0.05, 0) is 79.4 Å². The monoisotopic (exact) mass is 262 g/mol. The van der Waals surface area contributed by atoms with Crippen molar-refractivity contribution < 1.29 is 5.11 Å². The number of fused-ring (bicyclic) bond motifs is 5. The Morgan fingerprint density at radius 2 is 1.68 bits per heavy atom. The second-order valence-corrected chi connectivity index (χ2v) is 8.70. The van der Waals surface area contributed by atoms with Crippen LogP contribution in [-0.2, 0) is 0 Å². The van der Waals surface area contributed by atoms with Gasteiger partial charge >= 0.3 is 0 Å². The highest BCUT2D eigenvalue weighted by molar-refractivity contribution is 5.11. The predicted molar refractivity (Wildman–Crippen MR) is 77.7 cm³/mol. The molecule has 0 bridgehead atoms. The standard InChI is InChI=1S/C18H30O/c1-17-9-4-3-5-12(17)6-7-13-14(17)8-10-18(2)15(13)11-16(18)19/h12-16,19H,3-11H2,1-2H3. The molecule has 1 heteroatoms. The summed E-state index contributed by atoms with van der Waals surface area (Å²) in [6, 6.07) is 0. The molecule has 7 atom stereocenters. The summed E-state index contributed by atoms with van der Waals surface area (Å²) in [4.78, 5) is 0. The number of aliphatic hydroxyl groups excluding tert-OH is 1. The van der Waals surface area contributed by atoms with Crippen molar-refractivity contribution in [2.45, 2.75) is 77.7 Å². The number of aliphatic hydroxyl groups is 1. The maximum atomic E-state index is 10.2. The molecule has 0 aromatic heterocycles. The molecule has 1 nitrogen and oxygen atoms in total. The van der Waals surface area contributed by atoms with Gasteiger partial charge < -0.3 is 5.11 Å². The Kier molecular flexibility index (Phi) is 2.67. The highest BCUT2D eigenvalue weighted by Crippen LogP contribution is 2.67. The summed E-state index contributed by atoms with van der Waals surface area (Å²) in [6.45, 7) is 5.00. The van der Waals surface area contributed by atoms with Gasteiger partial charge in [0.2, 0.25) is 0 Å². The third-order valence-corrected chi connectivity index (χ3v) is 8.26. The van der Waals surface area contributed by atoms with Crippen molar-refractivity contribution in [3.8, 4) is 0 Å². The van der Waals surface area contributed by atoms with Crippen molar-refractivity contribution in [2.75, 3.05) is 0 Å². The van der Waals surface area contributed by atoms with E-state index in [1.165, 1.54) is 51.4 Å². The summed E-state index contributed by atoms with van der Waals surface area (Å²) in [5.41, 5.74) is 0.946. The van der Waals surface area contributed by atoms with Gasteiger partial charge in [0.05, 0.1) is 6.10 Å². The molecule has 1 N–H and O–H groups in total. The van der Waals surface area contributed by atoms with Crippen LogP contribution >= 0.6 is 0 Å². The number of rotatable bonds is 0. The Balaban J connectivity index is 1.62. The maximum Gasteiger partial charge on any atom is 0.0599 e. The molecule has 4 aliphatic rings. The minimum Gasteiger partial charge on any atom is -0.393 e. The van der Waals surface area contributed by atoms with Crippen LogP contribution in [0.2, 0.25) is 0 Å². The smallest absolute Gasteiger partial charge is 0.0599 e. The lowest BCUT2D eigenvalue weighted by molar-refractivity contribution is -0.206. The summed E-state index contributed by atoms with van der Waals surface area (Å²) in [6.07, 6.45) is 12.7. The largest absolute Gasteiger partial charge is 0.393 e. The van der Waals surface area contributed by atoms with Crippen molar-refractivity contribution in [3.05, 3.63) is 0 Å². The fourth-order valence-electron chi connectivity index (χ4n) is 6.85. The van der Waals surface area contributed by atoms with Crippen molar-refractivity contribution in [2.24, 2.45) is 34.5 Å². The molecule has 4 rings (SSSR count). The van der Waals surface area contributed by atoms with Crippen LogP contribution in [-0.4, -0.2) is 11.2 Å². The topological polar surface area (TPSA) is 20.2 Å². The van der Waals surface area contributed by atoms with Crippen LogP contribution < -0.4 is 0 Å². The van der Waals surface area contributed by atoms with Gasteiger partial charge in [-0.1, -0.05) is 26.7 Å². The third-order valence-electron chi connectivity index (χ3n) is 8.26. The highest BCUT2D eigenvalue weighted by atomic mass is 16.3. The maximum absolute atomic E-state index is 10.2. The lowest BCUT2D eigenvalue weighted by Crippen LogP contribution is -2.62. The number of hydrogen-bond acceptors (Lipinski definition) is 1. The van der Waals surface area contributed by atoms with Gasteiger partial charge in [0.1, 0.15) is 0 Å². The van der Waals surface area contributed by atoms with Gasteiger partial charge in [-0.15, -0.1) is 0 Å². The Labute approximate surface area is 118 Å². The summed E-state index contributed by atoms with van der Waals surface area (Å²) in [7, 11) is 0. The Morgan fingerprint density at radius 1 is 0.842 bits per heavy atom. The minimum absolute atomic E-state index is 0.00957. The SMILES string of the molecule is CC12CCC3C(CCC4CCCCC43C)C1CC2O. The lowest BCUT2D eigenvalue weighted by Gasteiger charge is -2.66. The normalized spacial score (nSPS) is 60.5. The summed E-state index contributed by atoms with van der Waals surface area (Å²) < 4.78 is 0. The fourth-order valence-corrected chi connectivity index (χ4v) is 6.85. The van der Waals surface area contributed by atoms with Gasteiger partial charge in [-0.2, -0.15) is 0 Å². The first kappa shape index (κ1) is 12.7. The molecule has 0 spiro atoms. The van der Waals surface area contributed by atoms with E-state index in [2.05, 4.69) is 13.8 Å². The molecule has 0 heterocycles. The van der Waals surface area contributed by atoms with E-state index < -0.39 is 0 Å². The van der Waals surface area contributed by atoms with Gasteiger partial charge in [-0.3, -0.25) is 0 Å². The Morgan fingerprint density at radius 3 is 2.47 bits per heavy atom. The van der Waals surface area contributed by atoms with E-state index in [9.17, 15) is 5.11 Å². The zero-order valence-electron chi connectivity index (χ0n) is 12.7. The average Bonchev–Trinajstić information content (AvgIpc) is 2.40. The summed E-state index contributed by atoms with van der Waals surface area (Å²) >= 11 is 0. The van der Waals surface area contributed by atoms with E-state index in [1.807, 2.05) is 0 Å². The third kappa shape index (κ3) is 1.51. The average molecular weight is 262 g/mol. The molecule has 19 heavy (non-hydrogen) atoms.